The summed E-state index contributed by atoms with van der Waals surface area (Å²) >= 11 is 0. The highest BCUT2D eigenvalue weighted by molar-refractivity contribution is 5.95. The van der Waals surface area contributed by atoms with E-state index < -0.39 is 11.6 Å². The van der Waals surface area contributed by atoms with Crippen LogP contribution < -0.4 is 0 Å². The van der Waals surface area contributed by atoms with Crippen LogP contribution in [-0.4, -0.2) is 17.7 Å². The molecule has 0 saturated heterocycles. The predicted octanol–water partition coefficient (Wildman–Crippen LogP) is 4.12. The van der Waals surface area contributed by atoms with E-state index in [1.54, 1.807) is 0 Å². The molecule has 0 amide bonds. The summed E-state index contributed by atoms with van der Waals surface area (Å²) in [6.45, 7) is 4.28. The van der Waals surface area contributed by atoms with E-state index in [4.69, 9.17) is 0 Å². The van der Waals surface area contributed by atoms with E-state index in [2.05, 4.69) is 6.92 Å². The molecule has 0 unspecified atom stereocenters. The highest BCUT2D eigenvalue weighted by Gasteiger charge is 2.63. The van der Waals surface area contributed by atoms with Crippen molar-refractivity contribution in [2.75, 3.05) is 0 Å². The Morgan fingerprint density at radius 2 is 1.86 bits per heavy atom. The van der Waals surface area contributed by atoms with Crippen LogP contribution in [0.15, 0.2) is 0 Å². The lowest BCUT2D eigenvalue weighted by Crippen LogP contribution is -2.57. The lowest BCUT2D eigenvalue weighted by molar-refractivity contribution is -0.161. The molecule has 0 spiro atoms. The molecule has 0 radical (unpaired) electrons. The van der Waals surface area contributed by atoms with E-state index in [-0.39, 0.29) is 11.3 Å². The Labute approximate surface area is 132 Å². The van der Waals surface area contributed by atoms with Gasteiger partial charge in [0.05, 0.1) is 0 Å². The van der Waals surface area contributed by atoms with Crippen LogP contribution in [0.5, 0.6) is 0 Å². The van der Waals surface area contributed by atoms with Gasteiger partial charge in [-0.1, -0.05) is 13.8 Å². The molecular formula is C19H27FO2. The summed E-state index contributed by atoms with van der Waals surface area (Å²) in [5.41, 5.74) is -0.408. The summed E-state index contributed by atoms with van der Waals surface area (Å²) in [6.07, 6.45) is 5.58. The number of fused-ring (bicyclic) bond motifs is 5. The molecule has 0 aromatic heterocycles. The zero-order chi connectivity index (χ0) is 15.7. The van der Waals surface area contributed by atoms with Crippen molar-refractivity contribution in [1.29, 1.82) is 0 Å². The van der Waals surface area contributed by atoms with Gasteiger partial charge < -0.3 is 0 Å². The van der Waals surface area contributed by atoms with E-state index in [1.807, 2.05) is 6.92 Å². The number of alkyl halides is 1. The smallest absolute Gasteiger partial charge is 0.139 e. The molecule has 7 atom stereocenters. The summed E-state index contributed by atoms with van der Waals surface area (Å²) in [7, 11) is 0. The van der Waals surface area contributed by atoms with Gasteiger partial charge in [-0.05, 0) is 61.7 Å². The molecular weight excluding hydrogens is 279 g/mol. The fourth-order valence-corrected chi connectivity index (χ4v) is 6.80. The van der Waals surface area contributed by atoms with Gasteiger partial charge in [-0.3, -0.25) is 9.59 Å². The Kier molecular flexibility index (Phi) is 3.13. The van der Waals surface area contributed by atoms with Crippen LogP contribution >= 0.6 is 0 Å². The van der Waals surface area contributed by atoms with Crippen LogP contribution in [0, 0.1) is 34.5 Å². The quantitative estimate of drug-likeness (QED) is 0.675. The van der Waals surface area contributed by atoms with Gasteiger partial charge in [0.25, 0.3) is 0 Å². The van der Waals surface area contributed by atoms with Crippen LogP contribution in [0.25, 0.3) is 0 Å². The van der Waals surface area contributed by atoms with Gasteiger partial charge in [0, 0.05) is 24.2 Å². The van der Waals surface area contributed by atoms with Crippen molar-refractivity contribution in [2.24, 2.45) is 34.5 Å². The summed E-state index contributed by atoms with van der Waals surface area (Å²) in [6, 6.07) is 0. The Hall–Kier alpha value is -0.730. The van der Waals surface area contributed by atoms with Crippen LogP contribution in [0.4, 0.5) is 4.39 Å². The third kappa shape index (κ3) is 1.77. The molecule has 0 aliphatic heterocycles. The number of carbonyl (C=O) groups excluding carboxylic acids is 2. The van der Waals surface area contributed by atoms with Gasteiger partial charge in [0.1, 0.15) is 17.7 Å². The fraction of sp³-hybridized carbons (Fsp3) is 0.895. The first-order chi connectivity index (χ1) is 10.4. The van der Waals surface area contributed by atoms with Gasteiger partial charge in [0.2, 0.25) is 0 Å². The second-order valence-electron chi connectivity index (χ2n) is 8.92. The molecule has 0 aromatic carbocycles. The van der Waals surface area contributed by atoms with Crippen molar-refractivity contribution >= 4 is 11.6 Å². The first kappa shape index (κ1) is 14.8. The molecule has 4 rings (SSSR count). The maximum atomic E-state index is 13.8. The summed E-state index contributed by atoms with van der Waals surface area (Å²) in [5, 5.41) is 0. The van der Waals surface area contributed by atoms with Crippen LogP contribution in [0.1, 0.15) is 65.2 Å². The highest BCUT2D eigenvalue weighted by atomic mass is 19.1. The van der Waals surface area contributed by atoms with Crippen molar-refractivity contribution in [1.82, 2.24) is 0 Å². The minimum Gasteiger partial charge on any atom is -0.299 e. The van der Waals surface area contributed by atoms with Crippen molar-refractivity contribution in [3.05, 3.63) is 0 Å². The lowest BCUT2D eigenvalue weighted by atomic mass is 9.45. The first-order valence-electron chi connectivity index (χ1n) is 9.06. The molecule has 4 aliphatic carbocycles. The van der Waals surface area contributed by atoms with Gasteiger partial charge in [-0.25, -0.2) is 4.39 Å². The zero-order valence-electron chi connectivity index (χ0n) is 13.7. The predicted molar refractivity (Wildman–Crippen MR) is 82.0 cm³/mol. The standard InChI is InChI=1S/C19H27FO2/c1-18-8-7-12(20)9-11(18)3-4-13-14-5-6-16(22)19(14,2)10-15(21)17(13)18/h11-14,17H,3-10H2,1-2H3/t11-,12+,13-,14-,17+,18-,19-/m0/s1. The zero-order valence-corrected chi connectivity index (χ0v) is 13.7. The summed E-state index contributed by atoms with van der Waals surface area (Å²) < 4.78 is 13.8. The van der Waals surface area contributed by atoms with Crippen LogP contribution in [-0.2, 0) is 9.59 Å². The minimum atomic E-state index is -0.674. The number of ketones is 2. The number of rotatable bonds is 0. The topological polar surface area (TPSA) is 34.1 Å². The molecule has 4 saturated carbocycles. The third-order valence-electron chi connectivity index (χ3n) is 8.00. The Balaban J connectivity index is 1.71. The average Bonchev–Trinajstić information content (AvgIpc) is 2.75. The second-order valence-corrected chi connectivity index (χ2v) is 8.92. The minimum absolute atomic E-state index is 0.0183. The molecule has 0 heterocycles. The number of hydrogen-bond donors (Lipinski definition) is 0. The molecule has 122 valence electrons. The molecule has 22 heavy (non-hydrogen) atoms. The van der Waals surface area contributed by atoms with Crippen molar-refractivity contribution in [3.8, 4) is 0 Å². The molecule has 0 bridgehead atoms. The molecule has 4 aliphatic rings. The Morgan fingerprint density at radius 3 is 2.64 bits per heavy atom. The van der Waals surface area contributed by atoms with Crippen LogP contribution in [0.2, 0.25) is 0 Å². The van der Waals surface area contributed by atoms with E-state index in [0.717, 1.165) is 25.7 Å². The second kappa shape index (κ2) is 4.64. The maximum Gasteiger partial charge on any atom is 0.139 e. The van der Waals surface area contributed by atoms with E-state index in [1.165, 1.54) is 0 Å². The largest absolute Gasteiger partial charge is 0.299 e. The maximum absolute atomic E-state index is 13.8. The van der Waals surface area contributed by atoms with Gasteiger partial charge >= 0.3 is 0 Å². The summed E-state index contributed by atoms with van der Waals surface area (Å²) in [5.74, 6) is 1.83. The van der Waals surface area contributed by atoms with Crippen molar-refractivity contribution in [2.45, 2.75) is 71.4 Å². The average molecular weight is 306 g/mol. The van der Waals surface area contributed by atoms with E-state index in [0.29, 0.717) is 55.0 Å². The van der Waals surface area contributed by atoms with Crippen molar-refractivity contribution in [3.63, 3.8) is 0 Å². The monoisotopic (exact) mass is 306 g/mol. The Bertz CT molecular complexity index is 530. The van der Waals surface area contributed by atoms with Crippen molar-refractivity contribution < 1.29 is 14.0 Å². The van der Waals surface area contributed by atoms with E-state index >= 15 is 0 Å². The Morgan fingerprint density at radius 1 is 1.09 bits per heavy atom. The number of carbonyl (C=O) groups is 2. The SMILES string of the molecule is C[C@]12CC[C@@H](F)C[C@@H]1CC[C@@H]1[C@@H]2C(=O)C[C@]2(C)C(=O)CC[C@@H]12. The summed E-state index contributed by atoms with van der Waals surface area (Å²) in [4.78, 5) is 25.4. The van der Waals surface area contributed by atoms with Crippen LogP contribution in [0.3, 0.4) is 0 Å². The van der Waals surface area contributed by atoms with Gasteiger partial charge in [-0.2, -0.15) is 0 Å². The first-order valence-corrected chi connectivity index (χ1v) is 9.06. The normalized spacial score (nSPS) is 54.6. The van der Waals surface area contributed by atoms with Gasteiger partial charge in [0.15, 0.2) is 0 Å². The lowest BCUT2D eigenvalue weighted by Gasteiger charge is -2.58. The van der Waals surface area contributed by atoms with E-state index in [9.17, 15) is 14.0 Å². The highest BCUT2D eigenvalue weighted by Crippen LogP contribution is 2.64. The molecule has 0 aromatic rings. The molecule has 4 fully saturated rings. The number of hydrogen-bond acceptors (Lipinski definition) is 2. The molecule has 0 N–H and O–H groups in total. The van der Waals surface area contributed by atoms with Gasteiger partial charge in [-0.15, -0.1) is 0 Å². The number of halogens is 1. The fourth-order valence-electron chi connectivity index (χ4n) is 6.80. The molecule has 2 nitrogen and oxygen atoms in total. The molecule has 3 heteroatoms. The number of Topliss-reactive ketones (excluding diaryl/α,β-unsaturated/α-hetero) is 2. The third-order valence-corrected chi connectivity index (χ3v) is 8.00.